The third-order valence-corrected chi connectivity index (χ3v) is 5.42. The molecular weight excluding hydrogens is 344 g/mol. The van der Waals surface area contributed by atoms with Gasteiger partial charge in [0.15, 0.2) is 17.0 Å². The van der Waals surface area contributed by atoms with E-state index in [0.717, 1.165) is 18.9 Å². The molecule has 3 heterocycles. The predicted molar refractivity (Wildman–Crippen MR) is 106 cm³/mol. The highest BCUT2D eigenvalue weighted by molar-refractivity contribution is 5.83. The molecular formula is C19H32N6O2. The molecule has 8 nitrogen and oxygen atoms in total. The van der Waals surface area contributed by atoms with Gasteiger partial charge in [-0.15, -0.1) is 0 Å². The normalized spacial score (nSPS) is 16.1. The second kappa shape index (κ2) is 9.21. The van der Waals surface area contributed by atoms with Crippen LogP contribution >= 0.6 is 0 Å². The number of anilines is 1. The van der Waals surface area contributed by atoms with E-state index in [-0.39, 0.29) is 6.01 Å². The smallest absolute Gasteiger partial charge is 0.320 e. The molecule has 0 spiro atoms. The first-order valence-corrected chi connectivity index (χ1v) is 10.1. The molecule has 0 aliphatic carbocycles. The average molecular weight is 377 g/mol. The van der Waals surface area contributed by atoms with Crippen molar-refractivity contribution in [3.8, 4) is 12.0 Å². The lowest BCUT2D eigenvalue weighted by atomic mass is 9.91. The number of methoxy groups -OCH3 is 1. The quantitative estimate of drug-likeness (QED) is 0.673. The first-order valence-electron chi connectivity index (χ1n) is 10.1. The van der Waals surface area contributed by atoms with E-state index in [0.29, 0.717) is 29.6 Å². The van der Waals surface area contributed by atoms with E-state index in [1.165, 1.54) is 45.3 Å². The van der Waals surface area contributed by atoms with Gasteiger partial charge in [-0.25, -0.2) is 0 Å². The number of nitrogens with zero attached hydrogens (tertiary/aromatic N) is 5. The van der Waals surface area contributed by atoms with Crippen LogP contribution in [0.1, 0.15) is 46.0 Å². The monoisotopic (exact) mass is 376 g/mol. The van der Waals surface area contributed by atoms with Crippen LogP contribution in [0.4, 0.5) is 5.82 Å². The molecule has 0 saturated carbocycles. The Morgan fingerprint density at radius 3 is 2.56 bits per heavy atom. The van der Waals surface area contributed by atoms with Crippen molar-refractivity contribution in [2.45, 2.75) is 52.5 Å². The van der Waals surface area contributed by atoms with E-state index in [1.807, 2.05) is 11.5 Å². The first kappa shape index (κ1) is 19.7. The van der Waals surface area contributed by atoms with Crippen LogP contribution in [0.3, 0.4) is 0 Å². The Balaban J connectivity index is 1.62. The van der Waals surface area contributed by atoms with E-state index >= 15 is 0 Å². The van der Waals surface area contributed by atoms with Crippen molar-refractivity contribution in [2.75, 3.05) is 39.1 Å². The van der Waals surface area contributed by atoms with E-state index < -0.39 is 0 Å². The number of hydrogen-bond donors (Lipinski definition) is 1. The Morgan fingerprint density at radius 2 is 1.89 bits per heavy atom. The Morgan fingerprint density at radius 1 is 1.11 bits per heavy atom. The highest BCUT2D eigenvalue weighted by atomic mass is 16.5. The second-order valence-corrected chi connectivity index (χ2v) is 7.12. The van der Waals surface area contributed by atoms with Gasteiger partial charge in [0.25, 0.3) is 6.01 Å². The van der Waals surface area contributed by atoms with Gasteiger partial charge < -0.3 is 20.1 Å². The molecule has 0 atom stereocenters. The molecule has 0 aromatic carbocycles. The zero-order valence-electron chi connectivity index (χ0n) is 16.8. The van der Waals surface area contributed by atoms with Crippen molar-refractivity contribution < 1.29 is 9.47 Å². The number of hydrogen-bond acceptors (Lipinski definition) is 7. The number of likely N-dealkylation sites (tertiary alicyclic amines) is 1. The van der Waals surface area contributed by atoms with Crippen LogP contribution in [-0.4, -0.2) is 57.8 Å². The van der Waals surface area contributed by atoms with Gasteiger partial charge in [0.2, 0.25) is 0 Å². The Bertz CT molecular complexity index is 739. The molecule has 1 aliphatic heterocycles. The minimum Gasteiger partial charge on any atom is -0.468 e. The van der Waals surface area contributed by atoms with E-state index in [4.69, 9.17) is 15.2 Å². The summed E-state index contributed by atoms with van der Waals surface area (Å²) in [7, 11) is 1.62. The molecule has 2 aromatic rings. The van der Waals surface area contributed by atoms with Crippen molar-refractivity contribution in [1.29, 1.82) is 0 Å². The predicted octanol–water partition coefficient (Wildman–Crippen LogP) is 2.72. The van der Waals surface area contributed by atoms with Crippen molar-refractivity contribution in [3.63, 3.8) is 0 Å². The summed E-state index contributed by atoms with van der Waals surface area (Å²) in [6, 6.07) is 0.810. The maximum absolute atomic E-state index is 6.03. The standard InChI is InChI=1S/C19H32N6O2/c1-4-24-12-9-14(10-13-24)8-6-7-11-25-17-15(21-19(25)26-3)16(20)22-18(23-17)27-5-2/h14H,4-13H2,1-3H3,(H2,20,22,23). The summed E-state index contributed by atoms with van der Waals surface area (Å²) in [5.41, 5.74) is 7.28. The van der Waals surface area contributed by atoms with Crippen LogP contribution in [0.5, 0.6) is 12.0 Å². The summed E-state index contributed by atoms with van der Waals surface area (Å²) in [6.07, 6.45) is 6.19. The number of unbranched alkanes of at least 4 members (excludes halogenated alkanes) is 1. The lowest BCUT2D eigenvalue weighted by Crippen LogP contribution is -2.33. The molecule has 0 unspecified atom stereocenters. The number of ether oxygens (including phenoxy) is 2. The highest BCUT2D eigenvalue weighted by Crippen LogP contribution is 2.27. The van der Waals surface area contributed by atoms with Crippen LogP contribution in [0.15, 0.2) is 0 Å². The molecule has 8 heteroatoms. The number of imidazole rings is 1. The van der Waals surface area contributed by atoms with Crippen LogP contribution in [0, 0.1) is 5.92 Å². The van der Waals surface area contributed by atoms with Gasteiger partial charge in [-0.1, -0.05) is 19.8 Å². The summed E-state index contributed by atoms with van der Waals surface area (Å²) in [6.45, 7) is 9.11. The molecule has 0 amide bonds. The minimum absolute atomic E-state index is 0.286. The fraction of sp³-hybridized carbons (Fsp3) is 0.737. The number of rotatable bonds is 9. The molecule has 2 aromatic heterocycles. The molecule has 1 aliphatic rings. The topological polar surface area (TPSA) is 91.3 Å². The maximum atomic E-state index is 6.03. The van der Waals surface area contributed by atoms with E-state index in [1.54, 1.807) is 7.11 Å². The van der Waals surface area contributed by atoms with Gasteiger partial charge in [-0.2, -0.15) is 15.0 Å². The van der Waals surface area contributed by atoms with Crippen LogP contribution < -0.4 is 15.2 Å². The molecule has 150 valence electrons. The van der Waals surface area contributed by atoms with Gasteiger partial charge in [0.1, 0.15) is 0 Å². The van der Waals surface area contributed by atoms with Crippen molar-refractivity contribution in [1.82, 2.24) is 24.4 Å². The molecule has 0 radical (unpaired) electrons. The van der Waals surface area contributed by atoms with Gasteiger partial charge in [0.05, 0.1) is 13.7 Å². The van der Waals surface area contributed by atoms with Crippen LogP contribution in [0.2, 0.25) is 0 Å². The molecule has 3 rings (SSSR count). The number of piperidine rings is 1. The number of nitrogen functional groups attached to an aromatic ring is 1. The third-order valence-electron chi connectivity index (χ3n) is 5.42. The van der Waals surface area contributed by atoms with E-state index in [9.17, 15) is 0 Å². The molecule has 2 N–H and O–H groups in total. The van der Waals surface area contributed by atoms with Crippen molar-refractivity contribution in [2.24, 2.45) is 5.92 Å². The largest absolute Gasteiger partial charge is 0.468 e. The highest BCUT2D eigenvalue weighted by Gasteiger charge is 2.19. The maximum Gasteiger partial charge on any atom is 0.320 e. The summed E-state index contributed by atoms with van der Waals surface area (Å²) < 4.78 is 12.8. The number of aryl methyl sites for hydroxylation is 1. The number of nitrogens with two attached hydrogens (primary N) is 1. The van der Waals surface area contributed by atoms with Gasteiger partial charge in [-0.3, -0.25) is 4.57 Å². The fourth-order valence-electron chi connectivity index (χ4n) is 3.83. The molecule has 27 heavy (non-hydrogen) atoms. The van der Waals surface area contributed by atoms with Crippen LogP contribution in [0.25, 0.3) is 11.2 Å². The Hall–Kier alpha value is -2.09. The molecule has 0 bridgehead atoms. The zero-order chi connectivity index (χ0) is 19.2. The van der Waals surface area contributed by atoms with Gasteiger partial charge in [0, 0.05) is 6.54 Å². The summed E-state index contributed by atoms with van der Waals surface area (Å²) in [4.78, 5) is 15.6. The van der Waals surface area contributed by atoms with Gasteiger partial charge in [-0.05, 0) is 51.7 Å². The van der Waals surface area contributed by atoms with Crippen LogP contribution in [-0.2, 0) is 6.54 Å². The van der Waals surface area contributed by atoms with E-state index in [2.05, 4.69) is 26.8 Å². The summed E-state index contributed by atoms with van der Waals surface area (Å²) in [5, 5.41) is 0. The molecule has 1 saturated heterocycles. The lowest BCUT2D eigenvalue weighted by molar-refractivity contribution is 0.184. The number of aromatic nitrogens is 4. The fourth-order valence-corrected chi connectivity index (χ4v) is 3.83. The SMILES string of the molecule is CCOc1nc(N)c2nc(OC)n(CCCCC3CCN(CC)CC3)c2n1. The van der Waals surface area contributed by atoms with Gasteiger partial charge >= 0.3 is 6.01 Å². The number of fused-ring (bicyclic) bond motifs is 1. The molecule has 1 fully saturated rings. The zero-order valence-corrected chi connectivity index (χ0v) is 16.8. The first-order chi connectivity index (χ1) is 13.2. The lowest BCUT2D eigenvalue weighted by Gasteiger charge is -2.31. The van der Waals surface area contributed by atoms with Crippen molar-refractivity contribution >= 4 is 17.0 Å². The average Bonchev–Trinajstić information content (AvgIpc) is 3.04. The Labute approximate surface area is 161 Å². The minimum atomic E-state index is 0.286. The summed E-state index contributed by atoms with van der Waals surface area (Å²) >= 11 is 0. The van der Waals surface area contributed by atoms with Crippen molar-refractivity contribution in [3.05, 3.63) is 0 Å². The second-order valence-electron chi connectivity index (χ2n) is 7.12. The third kappa shape index (κ3) is 4.61. The Kier molecular flexibility index (Phi) is 6.71. The summed E-state index contributed by atoms with van der Waals surface area (Å²) in [5.74, 6) is 1.18.